The summed E-state index contributed by atoms with van der Waals surface area (Å²) in [6.07, 6.45) is 1.68. The lowest BCUT2D eigenvalue weighted by molar-refractivity contribution is 0.0694. The molecule has 4 nitrogen and oxygen atoms in total. The molecule has 1 aliphatic rings. The first-order valence-electron chi connectivity index (χ1n) is 6.19. The molecule has 20 heavy (non-hydrogen) atoms. The second kappa shape index (κ2) is 4.41. The second-order valence-corrected chi connectivity index (χ2v) is 5.80. The Hall–Kier alpha value is -1.69. The molecule has 1 saturated carbocycles. The molecule has 6 heteroatoms. The summed E-state index contributed by atoms with van der Waals surface area (Å²) >= 11 is 3.17. The minimum atomic E-state index is -1.28. The van der Waals surface area contributed by atoms with Crippen LogP contribution in [0.4, 0.5) is 4.39 Å². The van der Waals surface area contributed by atoms with Crippen molar-refractivity contribution in [3.8, 4) is 0 Å². The molecule has 0 spiro atoms. The van der Waals surface area contributed by atoms with Crippen molar-refractivity contribution in [1.29, 1.82) is 0 Å². The summed E-state index contributed by atoms with van der Waals surface area (Å²) in [5.41, 5.74) is 0.386. The van der Waals surface area contributed by atoms with Crippen LogP contribution in [0, 0.1) is 12.7 Å². The number of fused-ring (bicyclic) bond motifs is 1. The van der Waals surface area contributed by atoms with E-state index in [4.69, 9.17) is 5.11 Å². The molecule has 0 saturated heterocycles. The summed E-state index contributed by atoms with van der Waals surface area (Å²) in [5, 5.41) is 9.57. The van der Waals surface area contributed by atoms with E-state index in [0.717, 1.165) is 12.8 Å². The normalized spacial score (nSPS) is 14.8. The van der Waals surface area contributed by atoms with Gasteiger partial charge in [-0.05, 0) is 53.4 Å². The number of hydrogen-bond acceptors (Lipinski definition) is 2. The van der Waals surface area contributed by atoms with Crippen LogP contribution < -0.4 is 5.56 Å². The molecule has 0 unspecified atom stereocenters. The van der Waals surface area contributed by atoms with Crippen molar-refractivity contribution in [2.45, 2.75) is 25.8 Å². The molecule has 1 heterocycles. The number of carbonyl (C=O) groups is 1. The SMILES string of the molecule is Cc1c(Br)c(F)cc2cc(C(=O)O)c(=O)n(C3CC3)c12. The molecule has 3 rings (SSSR count). The number of carboxylic acid groups (broad SMARTS) is 1. The smallest absolute Gasteiger partial charge is 0.341 e. The highest BCUT2D eigenvalue weighted by molar-refractivity contribution is 9.10. The third kappa shape index (κ3) is 1.86. The Balaban J connectivity index is 2.52. The quantitative estimate of drug-likeness (QED) is 0.913. The largest absolute Gasteiger partial charge is 0.477 e. The summed E-state index contributed by atoms with van der Waals surface area (Å²) in [6.45, 7) is 1.72. The van der Waals surface area contributed by atoms with Crippen molar-refractivity contribution in [1.82, 2.24) is 4.57 Å². The predicted octanol–water partition coefficient (Wildman–Crippen LogP) is 3.24. The third-order valence-electron chi connectivity index (χ3n) is 3.58. The average molecular weight is 340 g/mol. The molecule has 0 aliphatic heterocycles. The van der Waals surface area contributed by atoms with Gasteiger partial charge in [0, 0.05) is 11.4 Å². The number of rotatable bonds is 2. The highest BCUT2D eigenvalue weighted by Gasteiger charge is 2.29. The minimum Gasteiger partial charge on any atom is -0.477 e. The predicted molar refractivity (Wildman–Crippen MR) is 75.8 cm³/mol. The van der Waals surface area contributed by atoms with Gasteiger partial charge in [0.25, 0.3) is 5.56 Å². The van der Waals surface area contributed by atoms with Gasteiger partial charge < -0.3 is 9.67 Å². The number of aromatic nitrogens is 1. The van der Waals surface area contributed by atoms with Gasteiger partial charge in [0.2, 0.25) is 0 Å². The number of hydrogen-bond donors (Lipinski definition) is 1. The maximum Gasteiger partial charge on any atom is 0.341 e. The van der Waals surface area contributed by atoms with Crippen LogP contribution in [-0.4, -0.2) is 15.6 Å². The molecule has 1 aliphatic carbocycles. The zero-order valence-corrected chi connectivity index (χ0v) is 12.2. The van der Waals surface area contributed by atoms with E-state index in [-0.39, 0.29) is 11.6 Å². The Labute approximate surface area is 122 Å². The molecule has 1 fully saturated rings. The van der Waals surface area contributed by atoms with E-state index >= 15 is 0 Å². The lowest BCUT2D eigenvalue weighted by Crippen LogP contribution is -2.26. The summed E-state index contributed by atoms with van der Waals surface area (Å²) in [4.78, 5) is 23.5. The van der Waals surface area contributed by atoms with Crippen LogP contribution in [0.2, 0.25) is 0 Å². The van der Waals surface area contributed by atoms with E-state index in [1.165, 1.54) is 16.7 Å². The fraction of sp³-hybridized carbons (Fsp3) is 0.286. The van der Waals surface area contributed by atoms with Crippen molar-refractivity contribution in [2.75, 3.05) is 0 Å². The molecular formula is C14H11BrFNO3. The van der Waals surface area contributed by atoms with Gasteiger partial charge >= 0.3 is 5.97 Å². The maximum atomic E-state index is 13.8. The number of aryl methyl sites for hydroxylation is 1. The molecule has 104 valence electrons. The van der Waals surface area contributed by atoms with Gasteiger partial charge in [0.05, 0.1) is 9.99 Å². The van der Waals surface area contributed by atoms with Crippen molar-refractivity contribution < 1.29 is 14.3 Å². The standard InChI is InChI=1S/C14H11BrFNO3/c1-6-11(15)10(16)5-7-4-9(14(19)20)13(18)17(12(6)7)8-2-3-8/h4-5,8H,2-3H2,1H3,(H,19,20). The van der Waals surface area contributed by atoms with Crippen LogP contribution in [0.3, 0.4) is 0 Å². The minimum absolute atomic E-state index is 0.0142. The Morgan fingerprint density at radius 3 is 2.65 bits per heavy atom. The zero-order chi connectivity index (χ0) is 14.6. The molecule has 0 radical (unpaired) electrons. The topological polar surface area (TPSA) is 59.3 Å². The summed E-state index contributed by atoms with van der Waals surface area (Å²) in [5.74, 6) is -1.75. The average Bonchev–Trinajstić information content (AvgIpc) is 3.20. The van der Waals surface area contributed by atoms with E-state index in [1.54, 1.807) is 6.92 Å². The molecule has 0 atom stereocenters. The van der Waals surface area contributed by atoms with Gasteiger partial charge in [-0.15, -0.1) is 0 Å². The van der Waals surface area contributed by atoms with E-state index in [0.29, 0.717) is 20.9 Å². The van der Waals surface area contributed by atoms with E-state index in [2.05, 4.69) is 15.9 Å². The molecule has 2 aromatic rings. The van der Waals surface area contributed by atoms with E-state index in [9.17, 15) is 14.0 Å². The molecule has 1 aromatic heterocycles. The van der Waals surface area contributed by atoms with Gasteiger partial charge in [0.15, 0.2) is 0 Å². The van der Waals surface area contributed by atoms with Gasteiger partial charge in [-0.3, -0.25) is 4.79 Å². The van der Waals surface area contributed by atoms with E-state index < -0.39 is 17.3 Å². The number of aromatic carboxylic acids is 1. The number of carboxylic acids is 1. The van der Waals surface area contributed by atoms with Gasteiger partial charge in [0.1, 0.15) is 11.4 Å². The summed E-state index contributed by atoms with van der Waals surface area (Å²) in [7, 11) is 0. The Morgan fingerprint density at radius 1 is 1.45 bits per heavy atom. The first-order chi connectivity index (χ1) is 9.41. The number of benzene rings is 1. The highest BCUT2D eigenvalue weighted by Crippen LogP contribution is 2.38. The second-order valence-electron chi connectivity index (χ2n) is 5.00. The van der Waals surface area contributed by atoms with Gasteiger partial charge in [-0.1, -0.05) is 0 Å². The van der Waals surface area contributed by atoms with Gasteiger partial charge in [-0.25, -0.2) is 9.18 Å². The van der Waals surface area contributed by atoms with Crippen LogP contribution in [0.1, 0.15) is 34.8 Å². The maximum absolute atomic E-state index is 13.8. The van der Waals surface area contributed by atoms with Crippen LogP contribution in [-0.2, 0) is 0 Å². The summed E-state index contributed by atoms with van der Waals surface area (Å²) in [6, 6.07) is 2.53. The van der Waals surface area contributed by atoms with Crippen LogP contribution in [0.15, 0.2) is 21.4 Å². The lowest BCUT2D eigenvalue weighted by atomic mass is 10.1. The van der Waals surface area contributed by atoms with Crippen molar-refractivity contribution >= 4 is 32.8 Å². The number of pyridine rings is 1. The lowest BCUT2D eigenvalue weighted by Gasteiger charge is -2.14. The monoisotopic (exact) mass is 339 g/mol. The van der Waals surface area contributed by atoms with Gasteiger partial charge in [-0.2, -0.15) is 0 Å². The van der Waals surface area contributed by atoms with Crippen molar-refractivity contribution in [3.05, 3.63) is 43.9 Å². The molecule has 1 N–H and O–H groups in total. The first-order valence-corrected chi connectivity index (χ1v) is 6.98. The van der Waals surface area contributed by atoms with E-state index in [1.807, 2.05) is 0 Å². The van der Waals surface area contributed by atoms with Crippen molar-refractivity contribution in [2.24, 2.45) is 0 Å². The Kier molecular flexibility index (Phi) is 2.93. The fourth-order valence-electron chi connectivity index (χ4n) is 2.48. The molecule has 0 bridgehead atoms. The number of nitrogens with zero attached hydrogens (tertiary/aromatic N) is 1. The van der Waals surface area contributed by atoms with Crippen molar-refractivity contribution in [3.63, 3.8) is 0 Å². The van der Waals surface area contributed by atoms with Crippen LogP contribution >= 0.6 is 15.9 Å². The Morgan fingerprint density at radius 2 is 2.10 bits per heavy atom. The summed E-state index contributed by atoms with van der Waals surface area (Å²) < 4.78 is 15.6. The Bertz CT molecular complexity index is 808. The first kappa shape index (κ1) is 13.3. The zero-order valence-electron chi connectivity index (χ0n) is 10.6. The molecular weight excluding hydrogens is 329 g/mol. The van der Waals surface area contributed by atoms with Crippen LogP contribution in [0.25, 0.3) is 10.9 Å². The number of halogens is 2. The molecule has 1 aromatic carbocycles. The highest BCUT2D eigenvalue weighted by atomic mass is 79.9. The van der Waals surface area contributed by atoms with Crippen LogP contribution in [0.5, 0.6) is 0 Å². The third-order valence-corrected chi connectivity index (χ3v) is 4.56. The molecule has 0 amide bonds. The fourth-order valence-corrected chi connectivity index (χ4v) is 2.78.